The molecule has 6 rings (SSSR count). The van der Waals surface area contributed by atoms with E-state index >= 15 is 0 Å². The van der Waals surface area contributed by atoms with Crippen LogP contribution in [-0.2, 0) is 16.6 Å². The van der Waals surface area contributed by atoms with Crippen LogP contribution in [0.5, 0.6) is 0 Å². The highest BCUT2D eigenvalue weighted by molar-refractivity contribution is 5.93. The van der Waals surface area contributed by atoms with Crippen LogP contribution in [-0.4, -0.2) is 42.9 Å². The Morgan fingerprint density at radius 1 is 1.31 bits per heavy atom. The van der Waals surface area contributed by atoms with Crippen LogP contribution >= 0.6 is 0 Å². The van der Waals surface area contributed by atoms with E-state index in [0.717, 1.165) is 44.9 Å². The van der Waals surface area contributed by atoms with Crippen LogP contribution in [0.1, 0.15) is 54.1 Å². The van der Waals surface area contributed by atoms with E-state index in [4.69, 9.17) is 10.5 Å². The summed E-state index contributed by atoms with van der Waals surface area (Å²) in [6.45, 7) is 5.63. The van der Waals surface area contributed by atoms with Crippen molar-refractivity contribution in [3.63, 3.8) is 0 Å². The smallest absolute Gasteiger partial charge is 0.248 e. The summed E-state index contributed by atoms with van der Waals surface area (Å²) in [6, 6.07) is 6.09. The lowest BCUT2D eigenvalue weighted by atomic mass is 9.56. The summed E-state index contributed by atoms with van der Waals surface area (Å²) in [5, 5.41) is 13.9. The van der Waals surface area contributed by atoms with Crippen molar-refractivity contribution in [3.05, 3.63) is 34.9 Å². The first-order chi connectivity index (χ1) is 14.0. The zero-order valence-electron chi connectivity index (χ0n) is 17.2. The average molecular weight is 397 g/mol. The van der Waals surface area contributed by atoms with Gasteiger partial charge in [0.2, 0.25) is 5.91 Å². The van der Waals surface area contributed by atoms with Crippen LogP contribution in [0.3, 0.4) is 0 Å². The second kappa shape index (κ2) is 5.83. The largest absolute Gasteiger partial charge is 0.396 e. The summed E-state index contributed by atoms with van der Waals surface area (Å²) < 4.78 is 6.54. The maximum atomic E-state index is 12.0. The summed E-state index contributed by atoms with van der Waals surface area (Å²) in [6.07, 6.45) is 5.66. The fraction of sp³-hybridized carbons (Fsp3) is 0.708. The molecule has 2 bridgehead atoms. The number of nitrogens with two attached hydrogens (primary N) is 1. The molecule has 5 heteroatoms. The molecule has 4 aliphatic carbocycles. The Bertz CT molecular complexity index is 883. The fourth-order valence-electron chi connectivity index (χ4n) is 8.09. The quantitative estimate of drug-likeness (QED) is 0.687. The molecule has 1 aromatic carbocycles. The number of primary amides is 1. The van der Waals surface area contributed by atoms with Crippen LogP contribution in [0.2, 0.25) is 0 Å². The number of nitrogens with one attached hydrogen (secondary N) is 1. The summed E-state index contributed by atoms with van der Waals surface area (Å²) >= 11 is 0. The van der Waals surface area contributed by atoms with Gasteiger partial charge in [-0.05, 0) is 85.1 Å². The number of aliphatic hydroxyl groups is 1. The van der Waals surface area contributed by atoms with E-state index in [1.54, 1.807) is 0 Å². The van der Waals surface area contributed by atoms with Crippen molar-refractivity contribution in [1.29, 1.82) is 0 Å². The maximum absolute atomic E-state index is 12.0. The molecular formula is C24H32N2O3. The first-order valence-corrected chi connectivity index (χ1v) is 11.4. The summed E-state index contributed by atoms with van der Waals surface area (Å²) in [4.78, 5) is 12.0. The van der Waals surface area contributed by atoms with Gasteiger partial charge in [-0.15, -0.1) is 0 Å². The third kappa shape index (κ3) is 2.09. The van der Waals surface area contributed by atoms with Gasteiger partial charge in [-0.25, -0.2) is 0 Å². The Balaban J connectivity index is 1.49. The van der Waals surface area contributed by atoms with Crippen LogP contribution in [0, 0.1) is 29.1 Å². The van der Waals surface area contributed by atoms with Gasteiger partial charge in [-0.3, -0.25) is 4.79 Å². The van der Waals surface area contributed by atoms with E-state index in [1.165, 1.54) is 24.0 Å². The molecule has 4 N–H and O–H groups in total. The average Bonchev–Trinajstić information content (AvgIpc) is 3.42. The van der Waals surface area contributed by atoms with E-state index in [2.05, 4.69) is 24.4 Å². The van der Waals surface area contributed by atoms with Gasteiger partial charge in [0.15, 0.2) is 0 Å². The number of amides is 1. The number of fused-ring (bicyclic) bond motifs is 3. The summed E-state index contributed by atoms with van der Waals surface area (Å²) in [5.74, 6) is 1.73. The Labute approximate surface area is 172 Å². The normalized spacial score (nSPS) is 44.0. The highest BCUT2D eigenvalue weighted by atomic mass is 16.5. The van der Waals surface area contributed by atoms with Crippen molar-refractivity contribution < 1.29 is 14.6 Å². The van der Waals surface area contributed by atoms with Crippen LogP contribution < -0.4 is 11.1 Å². The molecule has 5 nitrogen and oxygen atoms in total. The molecule has 4 fully saturated rings. The molecule has 6 atom stereocenters. The lowest BCUT2D eigenvalue weighted by Crippen LogP contribution is -2.60. The van der Waals surface area contributed by atoms with Gasteiger partial charge in [-0.1, -0.05) is 13.0 Å². The first-order valence-electron chi connectivity index (χ1n) is 11.4. The number of carbonyl (C=O) groups is 1. The standard InChI is InChI=1S/C24H32N2O3/c1-14-22(13-26-10-15-2-3-15)9-18-5-4-17(21(25)28)6-19(18)23(14)7-16(11-27)8-24(23)20(22)12-29-24/h4-6,14-16,20,26-27H,2-3,7-13H2,1H3,(H2,25,28). The van der Waals surface area contributed by atoms with Gasteiger partial charge in [0.1, 0.15) is 0 Å². The number of ether oxygens (including phenoxy) is 1. The molecule has 0 radical (unpaired) electrons. The second-order valence-electron chi connectivity index (χ2n) is 10.6. The number of benzene rings is 1. The monoisotopic (exact) mass is 396 g/mol. The molecule has 0 aromatic heterocycles. The molecule has 156 valence electrons. The van der Waals surface area contributed by atoms with Crippen molar-refractivity contribution in [2.75, 3.05) is 26.3 Å². The lowest BCUT2D eigenvalue weighted by Gasteiger charge is -2.52. The molecule has 3 saturated carbocycles. The van der Waals surface area contributed by atoms with Crippen molar-refractivity contribution in [1.82, 2.24) is 5.32 Å². The minimum Gasteiger partial charge on any atom is -0.396 e. The van der Waals surface area contributed by atoms with Crippen LogP contribution in [0.4, 0.5) is 0 Å². The third-order valence-corrected chi connectivity index (χ3v) is 9.56. The molecule has 2 spiro atoms. The highest BCUT2D eigenvalue weighted by Crippen LogP contribution is 2.78. The van der Waals surface area contributed by atoms with E-state index in [9.17, 15) is 9.90 Å². The molecule has 1 amide bonds. The van der Waals surface area contributed by atoms with Gasteiger partial charge in [0, 0.05) is 30.0 Å². The number of aliphatic hydroxyl groups excluding tert-OH is 1. The maximum Gasteiger partial charge on any atom is 0.248 e. The molecular weight excluding hydrogens is 364 g/mol. The highest BCUT2D eigenvalue weighted by Gasteiger charge is 2.82. The molecule has 1 heterocycles. The first kappa shape index (κ1) is 18.3. The SMILES string of the molecule is CC1C2(CNCC3CC3)Cc3ccc(C(N)=O)cc3C13CC(CO)CC31OCC21. The Hall–Kier alpha value is -1.43. The van der Waals surface area contributed by atoms with Crippen molar-refractivity contribution in [2.24, 2.45) is 34.8 Å². The Morgan fingerprint density at radius 2 is 2.14 bits per heavy atom. The lowest BCUT2D eigenvalue weighted by molar-refractivity contribution is -0.226. The molecule has 29 heavy (non-hydrogen) atoms. The topological polar surface area (TPSA) is 84.6 Å². The predicted octanol–water partition coefficient (Wildman–Crippen LogP) is 2.00. The van der Waals surface area contributed by atoms with Gasteiger partial charge >= 0.3 is 0 Å². The summed E-state index contributed by atoms with van der Waals surface area (Å²) in [5.41, 5.74) is 8.75. The third-order valence-electron chi connectivity index (χ3n) is 9.56. The minimum absolute atomic E-state index is 0.121. The Kier molecular flexibility index (Phi) is 3.69. The van der Waals surface area contributed by atoms with Crippen molar-refractivity contribution in [2.45, 2.75) is 50.0 Å². The van der Waals surface area contributed by atoms with Gasteiger partial charge in [-0.2, -0.15) is 0 Å². The minimum atomic E-state index is -0.366. The number of hydrogen-bond acceptors (Lipinski definition) is 4. The predicted molar refractivity (Wildman–Crippen MR) is 110 cm³/mol. The van der Waals surface area contributed by atoms with Gasteiger partial charge in [0.25, 0.3) is 0 Å². The number of rotatable bonds is 6. The van der Waals surface area contributed by atoms with Crippen LogP contribution in [0.15, 0.2) is 18.2 Å². The number of hydrogen-bond donors (Lipinski definition) is 3. The van der Waals surface area contributed by atoms with Gasteiger partial charge < -0.3 is 20.9 Å². The Morgan fingerprint density at radius 3 is 2.79 bits per heavy atom. The van der Waals surface area contributed by atoms with Crippen molar-refractivity contribution in [3.8, 4) is 0 Å². The van der Waals surface area contributed by atoms with Gasteiger partial charge in [0.05, 0.1) is 12.2 Å². The number of carbonyl (C=O) groups excluding carboxylic acids is 1. The molecule has 1 aromatic rings. The zero-order valence-corrected chi connectivity index (χ0v) is 17.2. The van der Waals surface area contributed by atoms with E-state index < -0.39 is 0 Å². The fourth-order valence-corrected chi connectivity index (χ4v) is 8.09. The zero-order chi connectivity index (χ0) is 20.0. The van der Waals surface area contributed by atoms with E-state index in [1.807, 2.05) is 6.07 Å². The molecule has 1 saturated heterocycles. The van der Waals surface area contributed by atoms with Crippen molar-refractivity contribution >= 4 is 5.91 Å². The molecule has 1 aliphatic heterocycles. The van der Waals surface area contributed by atoms with E-state index in [-0.39, 0.29) is 34.9 Å². The van der Waals surface area contributed by atoms with Crippen LogP contribution in [0.25, 0.3) is 0 Å². The summed E-state index contributed by atoms with van der Waals surface area (Å²) in [7, 11) is 0. The second-order valence-corrected chi connectivity index (χ2v) is 10.6. The van der Waals surface area contributed by atoms with E-state index in [0.29, 0.717) is 17.4 Å². The molecule has 6 unspecified atom stereocenters. The molecule has 5 aliphatic rings.